The van der Waals surface area contributed by atoms with Crippen LogP contribution in [0.15, 0.2) is 27.9 Å². The lowest BCUT2D eigenvalue weighted by Gasteiger charge is -1.94. The van der Waals surface area contributed by atoms with Gasteiger partial charge in [0.25, 0.3) is 0 Å². The highest BCUT2D eigenvalue weighted by atomic mass is 32.1. The van der Waals surface area contributed by atoms with E-state index in [1.165, 1.54) is 4.57 Å². The highest BCUT2D eigenvalue weighted by molar-refractivity contribution is 7.07. The number of hydrogen-bond acceptors (Lipinski definition) is 3. The van der Waals surface area contributed by atoms with Crippen molar-refractivity contribution in [2.24, 2.45) is 0 Å². The molecule has 0 saturated heterocycles. The minimum Gasteiger partial charge on any atom is -0.265 e. The van der Waals surface area contributed by atoms with E-state index in [0.717, 1.165) is 5.69 Å². The molecule has 0 saturated carbocycles. The fraction of sp³-hybridized carbons (Fsp3) is 0. The Morgan fingerprint density at radius 3 is 3.30 bits per heavy atom. The fourth-order valence-corrected chi connectivity index (χ4v) is 1.38. The summed E-state index contributed by atoms with van der Waals surface area (Å²) >= 11 is 1.55. The van der Waals surface area contributed by atoms with Crippen LogP contribution in [0.1, 0.15) is 0 Å². The molecule has 2 aliphatic heterocycles. The Kier molecular flexibility index (Phi) is 1.07. The van der Waals surface area contributed by atoms with Crippen LogP contribution in [0.25, 0.3) is 5.69 Å². The summed E-state index contributed by atoms with van der Waals surface area (Å²) in [5.41, 5.74) is 0.653. The minimum absolute atomic E-state index is 0.206. The molecule has 0 fully saturated rings. The van der Waals surface area contributed by atoms with Crippen molar-refractivity contribution in [2.75, 3.05) is 0 Å². The van der Waals surface area contributed by atoms with Gasteiger partial charge in [-0.05, 0) is 0 Å². The predicted molar refractivity (Wildman–Crippen MR) is 38.9 cm³/mol. The van der Waals surface area contributed by atoms with E-state index in [4.69, 9.17) is 0 Å². The normalized spacial score (nSPS) is 10.4. The first-order valence-corrected chi connectivity index (χ1v) is 3.72. The molecule has 0 unspecified atom stereocenters. The van der Waals surface area contributed by atoms with Gasteiger partial charge >= 0.3 is 5.69 Å². The van der Waals surface area contributed by atoms with Gasteiger partial charge in [0.15, 0.2) is 0 Å². The van der Waals surface area contributed by atoms with Crippen LogP contribution in [0.5, 0.6) is 0 Å². The van der Waals surface area contributed by atoms with Gasteiger partial charge in [-0.15, -0.1) is 11.3 Å². The molecule has 10 heavy (non-hydrogen) atoms. The minimum atomic E-state index is -0.206. The van der Waals surface area contributed by atoms with Crippen molar-refractivity contribution in [1.29, 1.82) is 0 Å². The lowest BCUT2D eigenvalue weighted by molar-refractivity contribution is 0.997. The summed E-state index contributed by atoms with van der Waals surface area (Å²) in [6.07, 6.45) is 3.29. The third-order valence-corrected chi connectivity index (χ3v) is 1.93. The van der Waals surface area contributed by atoms with Gasteiger partial charge < -0.3 is 0 Å². The number of nitrogens with zero attached hydrogens (tertiary/aromatic N) is 2. The maximum absolute atomic E-state index is 10.8. The van der Waals surface area contributed by atoms with Gasteiger partial charge in [-0.1, -0.05) is 0 Å². The number of hydrogen-bond donors (Lipinski definition) is 0. The van der Waals surface area contributed by atoms with Crippen LogP contribution in [-0.2, 0) is 0 Å². The largest absolute Gasteiger partial charge is 0.352 e. The van der Waals surface area contributed by atoms with Crippen molar-refractivity contribution in [3.8, 4) is 5.69 Å². The van der Waals surface area contributed by atoms with Crippen LogP contribution in [0, 0.1) is 0 Å². The molecule has 0 aromatic carbocycles. The Bertz CT molecular complexity index is 364. The molecule has 0 atom stereocenters. The zero-order valence-electron chi connectivity index (χ0n) is 5.02. The van der Waals surface area contributed by atoms with Crippen LogP contribution in [0.3, 0.4) is 0 Å². The zero-order valence-corrected chi connectivity index (χ0v) is 5.84. The van der Waals surface area contributed by atoms with Crippen molar-refractivity contribution < 1.29 is 0 Å². The Labute approximate surface area is 60.9 Å². The molecule has 0 aromatic heterocycles. The zero-order chi connectivity index (χ0) is 6.97. The average Bonchev–Trinajstić information content (AvgIpc) is 2.34. The van der Waals surface area contributed by atoms with Crippen LogP contribution >= 0.6 is 11.3 Å². The Balaban J connectivity index is 2.91. The highest BCUT2D eigenvalue weighted by Crippen LogP contribution is 2.06. The molecule has 0 amide bonds. The molecule has 2 heterocycles. The van der Waals surface area contributed by atoms with Crippen molar-refractivity contribution >= 4 is 11.3 Å². The van der Waals surface area contributed by atoms with Gasteiger partial charge in [0.05, 0.1) is 11.9 Å². The predicted octanol–water partition coefficient (Wildman–Crippen LogP) is 0.732. The molecule has 0 spiro atoms. The van der Waals surface area contributed by atoms with E-state index in [2.05, 4.69) is 4.98 Å². The summed E-state index contributed by atoms with van der Waals surface area (Å²) < 4.78 is 1.51. The Hall–Kier alpha value is -1.16. The molecule has 2 aliphatic rings. The number of aromatic nitrogens is 2. The highest BCUT2D eigenvalue weighted by Gasteiger charge is 2.01. The third-order valence-electron chi connectivity index (χ3n) is 1.27. The van der Waals surface area contributed by atoms with E-state index < -0.39 is 0 Å². The van der Waals surface area contributed by atoms with Gasteiger partial charge in [0.1, 0.15) is 0 Å². The van der Waals surface area contributed by atoms with Crippen molar-refractivity contribution in [3.05, 3.63) is 33.6 Å². The van der Waals surface area contributed by atoms with Crippen LogP contribution in [0.4, 0.5) is 0 Å². The molecular formula is C6H4N2OS. The first-order chi connectivity index (χ1) is 4.88. The van der Waals surface area contributed by atoms with Crippen molar-refractivity contribution in [1.82, 2.24) is 9.55 Å². The quantitative estimate of drug-likeness (QED) is 0.557. The van der Waals surface area contributed by atoms with Gasteiger partial charge in [-0.2, -0.15) is 4.98 Å². The standard InChI is InChI=1S/C6H4N2OS/c9-6-7-3-5-4-10-2-1-8(5)6/h1-4H. The molecule has 2 rings (SSSR count). The number of fused-ring (bicyclic) bond motifs is 1. The molecule has 0 radical (unpaired) electrons. The molecule has 0 aliphatic carbocycles. The molecule has 0 aromatic rings. The molecule has 3 nitrogen and oxygen atoms in total. The van der Waals surface area contributed by atoms with E-state index in [0.29, 0.717) is 0 Å². The Morgan fingerprint density at radius 2 is 2.50 bits per heavy atom. The Morgan fingerprint density at radius 1 is 1.60 bits per heavy atom. The van der Waals surface area contributed by atoms with Gasteiger partial charge in [-0.25, -0.2) is 4.79 Å². The maximum Gasteiger partial charge on any atom is 0.352 e. The molecule has 4 heteroatoms. The molecular weight excluding hydrogens is 148 g/mol. The number of imidazole rings is 1. The van der Waals surface area contributed by atoms with Crippen molar-refractivity contribution in [2.45, 2.75) is 0 Å². The van der Waals surface area contributed by atoms with Gasteiger partial charge in [0, 0.05) is 17.0 Å². The summed E-state index contributed by atoms with van der Waals surface area (Å²) in [6, 6.07) is 0. The first-order valence-electron chi connectivity index (χ1n) is 2.77. The molecule has 0 bridgehead atoms. The van der Waals surface area contributed by atoms with E-state index in [1.807, 2.05) is 10.8 Å². The van der Waals surface area contributed by atoms with E-state index in [9.17, 15) is 4.79 Å². The summed E-state index contributed by atoms with van der Waals surface area (Å²) in [7, 11) is 0. The van der Waals surface area contributed by atoms with E-state index >= 15 is 0 Å². The van der Waals surface area contributed by atoms with Crippen LogP contribution in [-0.4, -0.2) is 9.55 Å². The van der Waals surface area contributed by atoms with Crippen LogP contribution in [0.2, 0.25) is 0 Å². The summed E-state index contributed by atoms with van der Waals surface area (Å²) in [4.78, 5) is 14.4. The number of rotatable bonds is 0. The van der Waals surface area contributed by atoms with E-state index in [1.54, 1.807) is 23.7 Å². The van der Waals surface area contributed by atoms with Crippen LogP contribution < -0.4 is 5.69 Å². The summed E-state index contributed by atoms with van der Waals surface area (Å²) in [6.45, 7) is 0. The molecule has 50 valence electrons. The lowest BCUT2D eigenvalue weighted by Crippen LogP contribution is -2.11. The second-order valence-electron chi connectivity index (χ2n) is 1.87. The van der Waals surface area contributed by atoms with Gasteiger partial charge in [-0.3, -0.25) is 4.57 Å². The monoisotopic (exact) mass is 152 g/mol. The fourth-order valence-electron chi connectivity index (χ4n) is 0.798. The summed E-state index contributed by atoms with van der Waals surface area (Å²) in [5, 5.41) is 3.73. The lowest BCUT2D eigenvalue weighted by atomic mass is 10.6. The molecule has 0 N–H and O–H groups in total. The second-order valence-corrected chi connectivity index (χ2v) is 2.65. The maximum atomic E-state index is 10.8. The summed E-state index contributed by atoms with van der Waals surface area (Å²) in [5.74, 6) is 0. The first kappa shape index (κ1) is 5.61. The smallest absolute Gasteiger partial charge is 0.265 e. The topological polar surface area (TPSA) is 34.9 Å². The second kappa shape index (κ2) is 1.91. The average molecular weight is 152 g/mol. The van der Waals surface area contributed by atoms with Gasteiger partial charge in [0.2, 0.25) is 0 Å². The SMILES string of the molecule is O=c1ncc2csccn1-2. The van der Waals surface area contributed by atoms with Crippen molar-refractivity contribution in [3.63, 3.8) is 0 Å². The van der Waals surface area contributed by atoms with E-state index in [-0.39, 0.29) is 5.69 Å². The third kappa shape index (κ3) is 0.657.